The van der Waals surface area contributed by atoms with E-state index in [1.807, 2.05) is 20.8 Å². The summed E-state index contributed by atoms with van der Waals surface area (Å²) in [5.41, 5.74) is 4.56. The Kier molecular flexibility index (Phi) is 2.79. The van der Waals surface area contributed by atoms with Gasteiger partial charge < -0.3 is 15.6 Å². The maximum atomic E-state index is 12.1. The molecule has 2 aliphatic rings. The summed E-state index contributed by atoms with van der Waals surface area (Å²) in [4.78, 5) is 12.1. The molecule has 1 atom stereocenters. The molecule has 0 aromatic rings. The van der Waals surface area contributed by atoms with Crippen molar-refractivity contribution in [1.82, 2.24) is 0 Å². The zero-order chi connectivity index (χ0) is 12.9. The monoisotopic (exact) mass is 241 g/mol. The molecule has 98 valence electrons. The number of esters is 1. The van der Waals surface area contributed by atoms with Crippen LogP contribution in [0.1, 0.15) is 52.9 Å². The Morgan fingerprint density at radius 3 is 2.35 bits per heavy atom. The van der Waals surface area contributed by atoms with Crippen molar-refractivity contribution in [2.24, 2.45) is 11.1 Å². The third-order valence-electron chi connectivity index (χ3n) is 4.72. The minimum Gasteiger partial charge on any atom is -0.459 e. The van der Waals surface area contributed by atoms with Gasteiger partial charge in [-0.25, -0.2) is 0 Å². The highest BCUT2D eigenvalue weighted by Gasteiger charge is 2.59. The molecule has 1 spiro atoms. The van der Waals surface area contributed by atoms with E-state index in [1.54, 1.807) is 0 Å². The molecule has 1 aliphatic heterocycles. The summed E-state index contributed by atoms with van der Waals surface area (Å²) in [6, 6.07) is 0. The van der Waals surface area contributed by atoms with Gasteiger partial charge in [0.25, 0.3) is 0 Å². The van der Waals surface area contributed by atoms with Crippen molar-refractivity contribution in [1.29, 1.82) is 0 Å². The highest BCUT2D eigenvalue weighted by molar-refractivity contribution is 5.81. The largest absolute Gasteiger partial charge is 0.459 e. The highest BCUT2D eigenvalue weighted by Crippen LogP contribution is 2.51. The van der Waals surface area contributed by atoms with Crippen molar-refractivity contribution in [2.75, 3.05) is 0 Å². The van der Waals surface area contributed by atoms with Crippen LogP contribution in [0.15, 0.2) is 0 Å². The molecule has 0 bridgehead atoms. The van der Waals surface area contributed by atoms with Crippen LogP contribution in [0.2, 0.25) is 0 Å². The number of rotatable bonds is 1. The third-order valence-corrected chi connectivity index (χ3v) is 4.72. The average molecular weight is 241 g/mol. The topological polar surface area (TPSA) is 72.6 Å². The molecule has 1 aliphatic carbocycles. The number of aliphatic hydroxyl groups excluding tert-OH is 1. The molecular weight excluding hydrogens is 218 g/mol. The Morgan fingerprint density at radius 1 is 1.41 bits per heavy atom. The summed E-state index contributed by atoms with van der Waals surface area (Å²) in [6.07, 6.45) is 3.38. The van der Waals surface area contributed by atoms with Crippen molar-refractivity contribution >= 4 is 5.97 Å². The van der Waals surface area contributed by atoms with E-state index in [1.165, 1.54) is 0 Å². The summed E-state index contributed by atoms with van der Waals surface area (Å²) in [6.45, 7) is 5.66. The Morgan fingerprint density at radius 2 is 1.94 bits per heavy atom. The van der Waals surface area contributed by atoms with Crippen molar-refractivity contribution in [3.63, 3.8) is 0 Å². The summed E-state index contributed by atoms with van der Waals surface area (Å²) in [7, 11) is 0. The van der Waals surface area contributed by atoms with Crippen LogP contribution in [0.25, 0.3) is 0 Å². The quantitative estimate of drug-likeness (QED) is 0.680. The second-order valence-electron chi connectivity index (χ2n) is 6.53. The van der Waals surface area contributed by atoms with Crippen molar-refractivity contribution < 1.29 is 14.6 Å². The summed E-state index contributed by atoms with van der Waals surface area (Å²) >= 11 is 0. The molecular formula is C13H23NO3. The molecule has 1 heterocycles. The first kappa shape index (κ1) is 12.8. The maximum Gasteiger partial charge on any atom is 0.314 e. The van der Waals surface area contributed by atoms with Gasteiger partial charge in [-0.2, -0.15) is 0 Å². The van der Waals surface area contributed by atoms with E-state index in [-0.39, 0.29) is 17.7 Å². The molecule has 3 N–H and O–H groups in total. The number of carbonyl (C=O) groups is 1. The summed E-state index contributed by atoms with van der Waals surface area (Å²) in [5, 5.41) is 9.54. The van der Waals surface area contributed by atoms with E-state index in [4.69, 9.17) is 10.5 Å². The van der Waals surface area contributed by atoms with Crippen LogP contribution in [0.3, 0.4) is 0 Å². The van der Waals surface area contributed by atoms with Gasteiger partial charge in [0.2, 0.25) is 0 Å². The average Bonchev–Trinajstić information content (AvgIpc) is 2.45. The van der Waals surface area contributed by atoms with Gasteiger partial charge in [-0.05, 0) is 46.5 Å². The van der Waals surface area contributed by atoms with Crippen molar-refractivity contribution in [3.8, 4) is 0 Å². The van der Waals surface area contributed by atoms with E-state index in [0.717, 1.165) is 12.8 Å². The van der Waals surface area contributed by atoms with E-state index < -0.39 is 11.0 Å². The first-order valence-electron chi connectivity index (χ1n) is 6.39. The second-order valence-corrected chi connectivity index (χ2v) is 6.53. The lowest BCUT2D eigenvalue weighted by molar-refractivity contribution is -0.158. The van der Waals surface area contributed by atoms with Crippen LogP contribution in [0.5, 0.6) is 0 Å². The zero-order valence-electron chi connectivity index (χ0n) is 11.0. The van der Waals surface area contributed by atoms with Gasteiger partial charge in [-0.3, -0.25) is 4.79 Å². The molecule has 2 fully saturated rings. The lowest BCUT2D eigenvalue weighted by Crippen LogP contribution is -2.52. The molecule has 17 heavy (non-hydrogen) atoms. The fraction of sp³-hybridized carbons (Fsp3) is 0.923. The van der Waals surface area contributed by atoms with E-state index in [0.29, 0.717) is 19.3 Å². The summed E-state index contributed by atoms with van der Waals surface area (Å²) < 4.78 is 5.65. The van der Waals surface area contributed by atoms with Gasteiger partial charge in [0.1, 0.15) is 5.60 Å². The zero-order valence-corrected chi connectivity index (χ0v) is 11.0. The molecule has 1 unspecified atom stereocenters. The Bertz CT molecular complexity index is 326. The predicted octanol–water partition coefficient (Wildman–Crippen LogP) is 1.35. The number of hydrogen-bond donors (Lipinski definition) is 2. The maximum absolute atomic E-state index is 12.1. The standard InChI is InChI=1S/C13H23NO3/c1-11(2,14)12(3)8-13(17-10(12)16)6-4-9(15)5-7-13/h9,15H,4-8,14H2,1-3H3. The summed E-state index contributed by atoms with van der Waals surface area (Å²) in [5.74, 6) is -0.179. The number of hydrogen-bond acceptors (Lipinski definition) is 4. The molecule has 0 radical (unpaired) electrons. The molecule has 4 nitrogen and oxygen atoms in total. The molecule has 2 rings (SSSR count). The number of nitrogens with two attached hydrogens (primary N) is 1. The predicted molar refractivity (Wildman–Crippen MR) is 64.3 cm³/mol. The van der Waals surface area contributed by atoms with E-state index >= 15 is 0 Å². The lowest BCUT2D eigenvalue weighted by Gasteiger charge is -2.37. The van der Waals surface area contributed by atoms with Gasteiger partial charge >= 0.3 is 5.97 Å². The van der Waals surface area contributed by atoms with Crippen LogP contribution in [-0.2, 0) is 9.53 Å². The van der Waals surface area contributed by atoms with Crippen LogP contribution >= 0.6 is 0 Å². The Labute approximate surface area is 103 Å². The lowest BCUT2D eigenvalue weighted by atomic mass is 9.67. The second kappa shape index (κ2) is 3.69. The van der Waals surface area contributed by atoms with Crippen molar-refractivity contribution in [3.05, 3.63) is 0 Å². The molecule has 0 aromatic heterocycles. The smallest absolute Gasteiger partial charge is 0.314 e. The normalized spacial score (nSPS) is 42.9. The first-order valence-corrected chi connectivity index (χ1v) is 6.39. The Hall–Kier alpha value is -0.610. The van der Waals surface area contributed by atoms with Gasteiger partial charge in [0.15, 0.2) is 0 Å². The fourth-order valence-corrected chi connectivity index (χ4v) is 2.96. The Balaban J connectivity index is 2.20. The highest BCUT2D eigenvalue weighted by atomic mass is 16.6. The van der Waals surface area contributed by atoms with Gasteiger partial charge in [-0.1, -0.05) is 0 Å². The SMILES string of the molecule is CC(C)(N)C1(C)CC2(CCC(O)CC2)OC1=O. The van der Waals surface area contributed by atoms with E-state index in [9.17, 15) is 9.90 Å². The first-order chi connectivity index (χ1) is 7.69. The molecule has 1 saturated carbocycles. The van der Waals surface area contributed by atoms with Crippen LogP contribution in [0.4, 0.5) is 0 Å². The van der Waals surface area contributed by atoms with Crippen LogP contribution < -0.4 is 5.73 Å². The van der Waals surface area contributed by atoms with Crippen LogP contribution in [-0.4, -0.2) is 28.3 Å². The van der Waals surface area contributed by atoms with E-state index in [2.05, 4.69) is 0 Å². The minimum atomic E-state index is -0.616. The molecule has 4 heteroatoms. The number of carbonyl (C=O) groups excluding carboxylic acids is 1. The fourth-order valence-electron chi connectivity index (χ4n) is 2.96. The van der Waals surface area contributed by atoms with Gasteiger partial charge in [0.05, 0.1) is 11.5 Å². The molecule has 1 saturated heterocycles. The molecule has 0 aromatic carbocycles. The minimum absolute atomic E-state index is 0.179. The van der Waals surface area contributed by atoms with Gasteiger partial charge in [0, 0.05) is 12.0 Å². The molecule has 0 amide bonds. The van der Waals surface area contributed by atoms with Crippen molar-refractivity contribution in [2.45, 2.75) is 70.1 Å². The third kappa shape index (κ3) is 1.97. The number of aliphatic hydroxyl groups is 1. The van der Waals surface area contributed by atoms with Gasteiger partial charge in [-0.15, -0.1) is 0 Å². The number of ether oxygens (including phenoxy) is 1. The van der Waals surface area contributed by atoms with Crippen LogP contribution in [0, 0.1) is 5.41 Å².